The van der Waals surface area contributed by atoms with E-state index in [2.05, 4.69) is 25.4 Å². The Kier molecular flexibility index (Phi) is 4.82. The summed E-state index contributed by atoms with van der Waals surface area (Å²) in [5.41, 5.74) is 5.58. The van der Waals surface area contributed by atoms with Crippen LogP contribution in [0.2, 0.25) is 5.02 Å². The summed E-state index contributed by atoms with van der Waals surface area (Å²) in [6.45, 7) is 3.84. The van der Waals surface area contributed by atoms with Crippen molar-refractivity contribution in [1.82, 2.24) is 29.8 Å². The standard InChI is InChI=1S/C25H20ClN7O2/c1-13-11-17(12-32-14(2)28-31-23(13)32)33-22(15-6-8-16(26)9-7-15)21-19(25(33)34)20(29-30-21)18-5-4-10-27-24(18)35-3/h4-12,22H,1-3H3,(H,29,30)/t22-/m0/s1. The lowest BCUT2D eigenvalue weighted by molar-refractivity contribution is 0.0994. The average Bonchev–Trinajstić information content (AvgIpc) is 3.54. The van der Waals surface area contributed by atoms with Gasteiger partial charge >= 0.3 is 0 Å². The van der Waals surface area contributed by atoms with Crippen molar-refractivity contribution in [3.05, 3.63) is 88.1 Å². The van der Waals surface area contributed by atoms with Crippen LogP contribution in [0, 0.1) is 13.8 Å². The van der Waals surface area contributed by atoms with E-state index in [0.29, 0.717) is 33.4 Å². The van der Waals surface area contributed by atoms with Crippen LogP contribution >= 0.6 is 11.6 Å². The molecule has 35 heavy (non-hydrogen) atoms. The Balaban J connectivity index is 1.58. The fourth-order valence-corrected chi connectivity index (χ4v) is 4.80. The number of ether oxygens (including phenoxy) is 1. The number of nitrogens with one attached hydrogen (secondary N) is 1. The van der Waals surface area contributed by atoms with Gasteiger partial charge in [-0.2, -0.15) is 5.10 Å². The topological polar surface area (TPSA) is 101 Å². The number of methoxy groups -OCH3 is 1. The predicted molar refractivity (Wildman–Crippen MR) is 131 cm³/mol. The summed E-state index contributed by atoms with van der Waals surface area (Å²) in [6.07, 6.45) is 3.53. The van der Waals surface area contributed by atoms with Crippen molar-refractivity contribution in [3.63, 3.8) is 0 Å². The third-order valence-electron chi connectivity index (χ3n) is 6.29. The molecule has 6 rings (SSSR count). The molecule has 1 aliphatic heterocycles. The molecule has 0 unspecified atom stereocenters. The van der Waals surface area contributed by atoms with Gasteiger partial charge < -0.3 is 4.74 Å². The second kappa shape index (κ2) is 7.92. The molecule has 0 saturated carbocycles. The van der Waals surface area contributed by atoms with E-state index < -0.39 is 6.04 Å². The number of carbonyl (C=O) groups is 1. The number of pyridine rings is 2. The lowest BCUT2D eigenvalue weighted by Crippen LogP contribution is -2.29. The van der Waals surface area contributed by atoms with Crippen LogP contribution < -0.4 is 9.64 Å². The summed E-state index contributed by atoms with van der Waals surface area (Å²) >= 11 is 6.17. The highest BCUT2D eigenvalue weighted by Gasteiger charge is 2.43. The second-order valence-corrected chi connectivity index (χ2v) is 8.81. The number of nitrogens with zero attached hydrogens (tertiary/aromatic N) is 6. The highest BCUT2D eigenvalue weighted by Crippen LogP contribution is 2.45. The van der Waals surface area contributed by atoms with Gasteiger partial charge in [-0.1, -0.05) is 23.7 Å². The molecule has 1 N–H and O–H groups in total. The fourth-order valence-electron chi connectivity index (χ4n) is 4.67. The maximum Gasteiger partial charge on any atom is 0.263 e. The smallest absolute Gasteiger partial charge is 0.263 e. The monoisotopic (exact) mass is 485 g/mol. The Morgan fingerprint density at radius 1 is 1.11 bits per heavy atom. The summed E-state index contributed by atoms with van der Waals surface area (Å²) in [5, 5.41) is 16.7. The number of benzene rings is 1. The van der Waals surface area contributed by atoms with Gasteiger partial charge in [-0.15, -0.1) is 10.2 Å². The second-order valence-electron chi connectivity index (χ2n) is 8.37. The Hall–Kier alpha value is -4.24. The molecule has 0 fully saturated rings. The SMILES string of the molecule is COc1ncccc1-c1n[nH]c2c1C(=O)N(c1cc(C)c3nnc(C)n3c1)[C@H]2c1ccc(Cl)cc1. The molecule has 0 saturated heterocycles. The number of fused-ring (bicyclic) bond motifs is 2. The number of halogens is 1. The maximum atomic E-state index is 14.1. The van der Waals surface area contributed by atoms with Crippen molar-refractivity contribution < 1.29 is 9.53 Å². The first-order chi connectivity index (χ1) is 17.0. The van der Waals surface area contributed by atoms with Crippen molar-refractivity contribution in [2.45, 2.75) is 19.9 Å². The van der Waals surface area contributed by atoms with E-state index in [1.807, 2.05) is 60.8 Å². The first-order valence-electron chi connectivity index (χ1n) is 11.0. The number of aromatic amines is 1. The molecule has 1 aromatic carbocycles. The summed E-state index contributed by atoms with van der Waals surface area (Å²) in [5.74, 6) is 0.952. The number of aromatic nitrogens is 6. The fraction of sp³-hybridized carbons (Fsp3) is 0.160. The molecule has 0 bridgehead atoms. The highest BCUT2D eigenvalue weighted by molar-refractivity contribution is 6.30. The minimum absolute atomic E-state index is 0.181. The van der Waals surface area contributed by atoms with E-state index in [0.717, 1.165) is 28.3 Å². The van der Waals surface area contributed by atoms with Gasteiger partial charge in [0.1, 0.15) is 17.6 Å². The summed E-state index contributed by atoms with van der Waals surface area (Å²) in [6, 6.07) is 12.6. The molecular formula is C25H20ClN7O2. The Bertz CT molecular complexity index is 1610. The van der Waals surface area contributed by atoms with Gasteiger partial charge in [0.05, 0.1) is 29.6 Å². The average molecular weight is 486 g/mol. The Labute approximate surface area is 205 Å². The third kappa shape index (κ3) is 3.19. The zero-order chi connectivity index (χ0) is 24.3. The first kappa shape index (κ1) is 21.3. The third-order valence-corrected chi connectivity index (χ3v) is 6.54. The van der Waals surface area contributed by atoms with E-state index in [1.54, 1.807) is 24.3 Å². The molecule has 0 aliphatic carbocycles. The number of hydrogen-bond acceptors (Lipinski definition) is 6. The van der Waals surface area contributed by atoms with Gasteiger partial charge in [-0.25, -0.2) is 4.98 Å². The number of amides is 1. The summed E-state index contributed by atoms with van der Waals surface area (Å²) < 4.78 is 7.34. The largest absolute Gasteiger partial charge is 0.481 e. The number of rotatable bonds is 4. The van der Waals surface area contributed by atoms with Crippen LogP contribution in [0.1, 0.15) is 39.0 Å². The van der Waals surface area contributed by atoms with Gasteiger partial charge in [0, 0.05) is 17.4 Å². The normalized spacial score (nSPS) is 15.1. The van der Waals surface area contributed by atoms with Crippen LogP contribution in [0.15, 0.2) is 54.9 Å². The molecule has 5 heterocycles. The summed E-state index contributed by atoms with van der Waals surface area (Å²) in [7, 11) is 1.54. The highest BCUT2D eigenvalue weighted by atomic mass is 35.5. The van der Waals surface area contributed by atoms with Crippen molar-refractivity contribution >= 4 is 28.8 Å². The van der Waals surface area contributed by atoms with Gasteiger partial charge in [0.25, 0.3) is 5.91 Å². The summed E-state index contributed by atoms with van der Waals surface area (Å²) in [4.78, 5) is 20.2. The number of hydrogen-bond donors (Lipinski definition) is 1. The number of H-pyrrole nitrogens is 1. The van der Waals surface area contributed by atoms with Gasteiger partial charge in [0.15, 0.2) is 5.65 Å². The van der Waals surface area contributed by atoms with Crippen molar-refractivity contribution in [3.8, 4) is 17.1 Å². The minimum atomic E-state index is -0.438. The minimum Gasteiger partial charge on any atom is -0.481 e. The molecule has 9 nitrogen and oxygen atoms in total. The molecule has 10 heteroatoms. The Morgan fingerprint density at radius 3 is 2.69 bits per heavy atom. The van der Waals surface area contributed by atoms with Crippen molar-refractivity contribution in [2.75, 3.05) is 12.0 Å². The van der Waals surface area contributed by atoms with Crippen LogP contribution in [-0.4, -0.2) is 42.8 Å². The van der Waals surface area contributed by atoms with Crippen LogP contribution in [0.25, 0.3) is 16.9 Å². The van der Waals surface area contributed by atoms with Crippen LogP contribution in [0.3, 0.4) is 0 Å². The van der Waals surface area contributed by atoms with Crippen LogP contribution in [0.5, 0.6) is 5.88 Å². The van der Waals surface area contributed by atoms with Crippen LogP contribution in [-0.2, 0) is 0 Å². The van der Waals surface area contributed by atoms with E-state index in [1.165, 1.54) is 0 Å². The quantitative estimate of drug-likeness (QED) is 0.401. The van der Waals surface area contributed by atoms with E-state index in [9.17, 15) is 4.79 Å². The molecular weight excluding hydrogens is 466 g/mol. The molecule has 174 valence electrons. The molecule has 0 spiro atoms. The molecule has 1 amide bonds. The van der Waals surface area contributed by atoms with Gasteiger partial charge in [-0.05, 0) is 55.3 Å². The maximum absolute atomic E-state index is 14.1. The van der Waals surface area contributed by atoms with Gasteiger partial charge in [-0.3, -0.25) is 19.2 Å². The Morgan fingerprint density at radius 2 is 1.91 bits per heavy atom. The van der Waals surface area contributed by atoms with Crippen molar-refractivity contribution in [2.24, 2.45) is 0 Å². The molecule has 4 aromatic heterocycles. The zero-order valence-electron chi connectivity index (χ0n) is 19.2. The van der Waals surface area contributed by atoms with Gasteiger partial charge in [0.2, 0.25) is 5.88 Å². The molecule has 0 radical (unpaired) electrons. The molecule has 1 atom stereocenters. The lowest BCUT2D eigenvalue weighted by atomic mass is 10.0. The van der Waals surface area contributed by atoms with Crippen LogP contribution in [0.4, 0.5) is 5.69 Å². The molecule has 1 aliphatic rings. The van der Waals surface area contributed by atoms with Crippen molar-refractivity contribution in [1.29, 1.82) is 0 Å². The van der Waals surface area contributed by atoms with E-state index in [-0.39, 0.29) is 5.91 Å². The lowest BCUT2D eigenvalue weighted by Gasteiger charge is -2.26. The molecule has 5 aromatic rings. The predicted octanol–water partition coefficient (Wildman–Crippen LogP) is 4.54. The zero-order valence-corrected chi connectivity index (χ0v) is 19.9. The number of anilines is 1. The number of aryl methyl sites for hydroxylation is 2. The number of carbonyl (C=O) groups excluding carboxylic acids is 1. The van der Waals surface area contributed by atoms with E-state index in [4.69, 9.17) is 16.3 Å². The van der Waals surface area contributed by atoms with E-state index >= 15 is 0 Å². The first-order valence-corrected chi connectivity index (χ1v) is 11.3.